The van der Waals surface area contributed by atoms with Gasteiger partial charge in [0.05, 0.1) is 20.8 Å². The van der Waals surface area contributed by atoms with Crippen molar-refractivity contribution >= 4 is 5.91 Å². The molecule has 23 heavy (non-hydrogen) atoms. The van der Waals surface area contributed by atoms with Crippen molar-refractivity contribution in [2.45, 2.75) is 50.5 Å². The molecule has 0 aromatic heterocycles. The monoisotopic (exact) mass is 321 g/mol. The summed E-state index contributed by atoms with van der Waals surface area (Å²) in [5.74, 6) is 1.22. The van der Waals surface area contributed by atoms with Crippen LogP contribution in [0.3, 0.4) is 0 Å². The zero-order valence-corrected chi connectivity index (χ0v) is 14.6. The zero-order valence-electron chi connectivity index (χ0n) is 14.6. The van der Waals surface area contributed by atoms with Crippen LogP contribution in [0.15, 0.2) is 18.2 Å². The Kier molecular flexibility index (Phi) is 5.19. The highest BCUT2D eigenvalue weighted by atomic mass is 16.5. The summed E-state index contributed by atoms with van der Waals surface area (Å²) in [7, 11) is 3.30. The molecule has 1 aliphatic carbocycles. The number of hydrogen-bond acceptors (Lipinski definition) is 3. The molecule has 4 N–H and O–H groups in total. The Balaban J connectivity index is 2.29. The van der Waals surface area contributed by atoms with E-state index in [0.29, 0.717) is 0 Å². The molecule has 1 aromatic carbocycles. The summed E-state index contributed by atoms with van der Waals surface area (Å²) in [4.78, 5) is 11.6. The van der Waals surface area contributed by atoms with Crippen LogP contribution >= 0.6 is 0 Å². The molecule has 1 aromatic rings. The Hall–Kier alpha value is -1.75. The molecular weight excluding hydrogens is 292 g/mol. The normalized spacial score (nSPS) is 17.0. The third-order valence-electron chi connectivity index (χ3n) is 5.19. The molecule has 2 rings (SSSR count). The maximum Gasteiger partial charge on any atom is 0.278 e. The minimum absolute atomic E-state index is 0.0618. The van der Waals surface area contributed by atoms with Gasteiger partial charge in [0.15, 0.2) is 17.0 Å². The molecule has 0 heterocycles. The van der Waals surface area contributed by atoms with E-state index in [2.05, 4.69) is 17.4 Å². The van der Waals surface area contributed by atoms with Crippen LogP contribution in [0.4, 0.5) is 0 Å². The summed E-state index contributed by atoms with van der Waals surface area (Å²) < 4.78 is 10.8. The van der Waals surface area contributed by atoms with Gasteiger partial charge in [0.25, 0.3) is 5.91 Å². The molecule has 5 heteroatoms. The van der Waals surface area contributed by atoms with Crippen LogP contribution in [-0.4, -0.2) is 32.2 Å². The number of quaternary nitrogens is 1. The minimum Gasteiger partial charge on any atom is -0.493 e. The standard InChI is InChI=1S/C18H28N2O3/c1-17(2,16(19)21)20-12-18(9-5-6-10-18)13-7-8-14(22-3)15(11-13)23-4/h7-8,11,20H,5-6,9-10,12H2,1-4H3,(H2,19,21)/p+1. The number of methoxy groups -OCH3 is 2. The van der Waals surface area contributed by atoms with E-state index in [0.717, 1.165) is 30.9 Å². The first-order valence-corrected chi connectivity index (χ1v) is 8.21. The first kappa shape index (κ1) is 17.6. The summed E-state index contributed by atoms with van der Waals surface area (Å²) in [5.41, 5.74) is 6.24. The molecule has 0 spiro atoms. The highest BCUT2D eigenvalue weighted by Gasteiger charge is 2.41. The van der Waals surface area contributed by atoms with Gasteiger partial charge in [0.1, 0.15) is 0 Å². The van der Waals surface area contributed by atoms with Gasteiger partial charge < -0.3 is 20.5 Å². The molecule has 128 valence electrons. The topological polar surface area (TPSA) is 78.2 Å². The van der Waals surface area contributed by atoms with Gasteiger partial charge >= 0.3 is 0 Å². The van der Waals surface area contributed by atoms with Crippen LogP contribution in [0.1, 0.15) is 45.1 Å². The molecular formula is C18H29N2O3+. The number of ether oxygens (including phenoxy) is 2. The fourth-order valence-corrected chi connectivity index (χ4v) is 3.38. The average molecular weight is 321 g/mol. The molecule has 0 bridgehead atoms. The lowest BCUT2D eigenvalue weighted by Crippen LogP contribution is -3.00. The molecule has 0 saturated heterocycles. The Morgan fingerprint density at radius 2 is 1.83 bits per heavy atom. The number of carbonyl (C=O) groups excluding carboxylic acids is 1. The maximum absolute atomic E-state index is 11.6. The third-order valence-corrected chi connectivity index (χ3v) is 5.19. The lowest BCUT2D eigenvalue weighted by molar-refractivity contribution is -0.712. The number of rotatable bonds is 7. The van der Waals surface area contributed by atoms with Gasteiger partial charge in [-0.2, -0.15) is 0 Å². The zero-order chi connectivity index (χ0) is 17.1. The van der Waals surface area contributed by atoms with Crippen LogP contribution in [0.5, 0.6) is 11.5 Å². The van der Waals surface area contributed by atoms with Crippen molar-refractivity contribution in [1.29, 1.82) is 0 Å². The average Bonchev–Trinajstić information content (AvgIpc) is 3.02. The molecule has 0 atom stereocenters. The number of amides is 1. The van der Waals surface area contributed by atoms with Gasteiger partial charge in [-0.1, -0.05) is 18.9 Å². The molecule has 1 aliphatic rings. The second-order valence-corrected chi connectivity index (χ2v) is 7.05. The Labute approximate surface area is 138 Å². The van der Waals surface area contributed by atoms with Crippen molar-refractivity contribution in [2.75, 3.05) is 20.8 Å². The number of primary amides is 1. The van der Waals surface area contributed by atoms with Crippen LogP contribution in [0.25, 0.3) is 0 Å². The van der Waals surface area contributed by atoms with Crippen LogP contribution < -0.4 is 20.5 Å². The first-order chi connectivity index (χ1) is 10.8. The molecule has 1 fully saturated rings. The van der Waals surface area contributed by atoms with Gasteiger partial charge in [-0.25, -0.2) is 0 Å². The summed E-state index contributed by atoms with van der Waals surface area (Å²) in [6.07, 6.45) is 4.65. The van der Waals surface area contributed by atoms with E-state index in [1.165, 1.54) is 18.4 Å². The molecule has 1 saturated carbocycles. The lowest BCUT2D eigenvalue weighted by Gasteiger charge is -2.31. The van der Waals surface area contributed by atoms with E-state index in [-0.39, 0.29) is 11.3 Å². The van der Waals surface area contributed by atoms with E-state index in [1.54, 1.807) is 14.2 Å². The smallest absolute Gasteiger partial charge is 0.278 e. The Morgan fingerprint density at radius 1 is 1.22 bits per heavy atom. The quantitative estimate of drug-likeness (QED) is 0.795. The summed E-state index contributed by atoms with van der Waals surface area (Å²) in [5, 5.41) is 2.08. The fourth-order valence-electron chi connectivity index (χ4n) is 3.38. The van der Waals surface area contributed by atoms with Gasteiger partial charge in [0.2, 0.25) is 0 Å². The van der Waals surface area contributed by atoms with Gasteiger partial charge in [0, 0.05) is 5.41 Å². The van der Waals surface area contributed by atoms with Crippen LogP contribution in [0, 0.1) is 0 Å². The number of nitrogens with two attached hydrogens (primary N) is 2. The van der Waals surface area contributed by atoms with Crippen LogP contribution in [0.2, 0.25) is 0 Å². The number of hydrogen-bond donors (Lipinski definition) is 2. The fraction of sp³-hybridized carbons (Fsp3) is 0.611. The Bertz CT molecular complexity index is 563. The van der Waals surface area contributed by atoms with E-state index >= 15 is 0 Å². The molecule has 0 aliphatic heterocycles. The second-order valence-electron chi connectivity index (χ2n) is 7.05. The highest BCUT2D eigenvalue weighted by molar-refractivity contribution is 5.81. The van der Waals surface area contributed by atoms with Crippen LogP contribution in [-0.2, 0) is 10.2 Å². The predicted octanol–water partition coefficient (Wildman–Crippen LogP) is 1.34. The first-order valence-electron chi connectivity index (χ1n) is 8.21. The molecule has 5 nitrogen and oxygen atoms in total. The van der Waals surface area contributed by atoms with Crippen molar-refractivity contribution in [3.05, 3.63) is 23.8 Å². The van der Waals surface area contributed by atoms with Crippen molar-refractivity contribution in [3.63, 3.8) is 0 Å². The summed E-state index contributed by atoms with van der Waals surface area (Å²) >= 11 is 0. The van der Waals surface area contributed by atoms with Crippen molar-refractivity contribution in [2.24, 2.45) is 5.73 Å². The van der Waals surface area contributed by atoms with Gasteiger partial charge in [-0.05, 0) is 44.4 Å². The van der Waals surface area contributed by atoms with Gasteiger partial charge in [-0.15, -0.1) is 0 Å². The van der Waals surface area contributed by atoms with Crippen molar-refractivity contribution in [1.82, 2.24) is 0 Å². The predicted molar refractivity (Wildman–Crippen MR) is 89.8 cm³/mol. The third kappa shape index (κ3) is 3.61. The van der Waals surface area contributed by atoms with E-state index in [9.17, 15) is 4.79 Å². The number of benzene rings is 1. The molecule has 1 amide bonds. The minimum atomic E-state index is -0.591. The maximum atomic E-state index is 11.6. The van der Waals surface area contributed by atoms with Crippen molar-refractivity contribution in [3.8, 4) is 11.5 Å². The highest BCUT2D eigenvalue weighted by Crippen LogP contribution is 2.42. The molecule has 0 radical (unpaired) electrons. The molecule has 0 unspecified atom stereocenters. The Morgan fingerprint density at radius 3 is 2.35 bits per heavy atom. The summed E-state index contributed by atoms with van der Waals surface area (Å²) in [6.45, 7) is 4.61. The van der Waals surface area contributed by atoms with E-state index < -0.39 is 5.54 Å². The largest absolute Gasteiger partial charge is 0.493 e. The van der Waals surface area contributed by atoms with Gasteiger partial charge in [-0.3, -0.25) is 4.79 Å². The lowest BCUT2D eigenvalue weighted by atomic mass is 9.78. The summed E-state index contributed by atoms with van der Waals surface area (Å²) in [6, 6.07) is 6.17. The SMILES string of the molecule is COc1ccc(C2(C[NH2+]C(C)(C)C(N)=O)CCCC2)cc1OC. The van der Waals surface area contributed by atoms with E-state index in [4.69, 9.17) is 15.2 Å². The van der Waals surface area contributed by atoms with E-state index in [1.807, 2.05) is 19.9 Å². The van der Waals surface area contributed by atoms with Crippen molar-refractivity contribution < 1.29 is 19.6 Å². The second kappa shape index (κ2) is 6.79. The number of carbonyl (C=O) groups is 1.